The summed E-state index contributed by atoms with van der Waals surface area (Å²) >= 11 is 0. The lowest BCUT2D eigenvalue weighted by Crippen LogP contribution is -2.52. The fraction of sp³-hybridized carbons (Fsp3) is 0.611. The van der Waals surface area contributed by atoms with Gasteiger partial charge in [0.05, 0.1) is 5.60 Å². The maximum absolute atomic E-state index is 12.0. The van der Waals surface area contributed by atoms with E-state index in [-0.39, 0.29) is 5.41 Å². The second-order valence-corrected chi connectivity index (χ2v) is 15.5. The summed E-state index contributed by atoms with van der Waals surface area (Å²) in [5, 5.41) is 12.0. The third-order valence-electron chi connectivity index (χ3n) is 11.8. The van der Waals surface area contributed by atoms with E-state index in [2.05, 4.69) is 60.2 Å². The third-order valence-corrected chi connectivity index (χ3v) is 13.1. The molecule has 0 bridgehead atoms. The number of terminal acetylenes is 1. The van der Waals surface area contributed by atoms with Gasteiger partial charge in [-0.1, -0.05) is 37.3 Å². The molecule has 4 nitrogen and oxygen atoms in total. The van der Waals surface area contributed by atoms with Crippen LogP contribution in [0.15, 0.2) is 42.5 Å². The predicted molar refractivity (Wildman–Crippen MR) is 166 cm³/mol. The third kappa shape index (κ3) is 4.98. The van der Waals surface area contributed by atoms with Gasteiger partial charge in [0.15, 0.2) is 0 Å². The van der Waals surface area contributed by atoms with Crippen molar-refractivity contribution in [2.45, 2.75) is 81.6 Å². The minimum atomic E-state index is -0.773. The Kier molecular flexibility index (Phi) is 7.33. The van der Waals surface area contributed by atoms with Gasteiger partial charge in [-0.2, -0.15) is 0 Å². The zero-order valence-electron chi connectivity index (χ0n) is 24.5. The minimum Gasteiger partial charge on any atom is -0.492 e. The molecule has 1 aliphatic heterocycles. The van der Waals surface area contributed by atoms with E-state index in [0.717, 1.165) is 74.9 Å². The molecule has 5 aliphatic rings. The Labute approximate surface area is 248 Å². The molecule has 7 rings (SSSR count). The lowest BCUT2D eigenvalue weighted by atomic mass is 9.49. The van der Waals surface area contributed by atoms with Crippen LogP contribution in [-0.2, 0) is 17.2 Å². The number of ether oxygens (including phenoxy) is 1. The van der Waals surface area contributed by atoms with Gasteiger partial charge >= 0.3 is 0 Å². The van der Waals surface area contributed by atoms with Crippen LogP contribution in [0.1, 0.15) is 91.9 Å². The first kappa shape index (κ1) is 27.7. The maximum atomic E-state index is 12.0. The number of hydrogen-bond acceptors (Lipinski definition) is 4. The number of nitrogens with zero attached hydrogens (tertiary/aromatic N) is 1. The minimum absolute atomic E-state index is 0.165. The van der Waals surface area contributed by atoms with Crippen molar-refractivity contribution in [1.29, 1.82) is 0 Å². The van der Waals surface area contributed by atoms with Crippen LogP contribution in [0, 0.1) is 29.6 Å². The topological polar surface area (TPSA) is 49.8 Å². The lowest BCUT2D eigenvalue weighted by Gasteiger charge is -2.56. The molecule has 3 saturated carbocycles. The van der Waals surface area contributed by atoms with Gasteiger partial charge in [-0.3, -0.25) is 9.11 Å². The van der Waals surface area contributed by atoms with Gasteiger partial charge in [-0.15, -0.1) is 12.3 Å². The van der Waals surface area contributed by atoms with Gasteiger partial charge in [0.2, 0.25) is 0 Å². The molecule has 4 fully saturated rings. The van der Waals surface area contributed by atoms with Gasteiger partial charge in [0.1, 0.15) is 12.4 Å². The number of rotatable bonds is 7. The lowest BCUT2D eigenvalue weighted by molar-refractivity contribution is -0.105. The Morgan fingerprint density at radius 1 is 1.07 bits per heavy atom. The van der Waals surface area contributed by atoms with E-state index >= 15 is 0 Å². The van der Waals surface area contributed by atoms with Crippen LogP contribution >= 0.6 is 0 Å². The Balaban J connectivity index is 1.16. The highest BCUT2D eigenvalue weighted by Crippen LogP contribution is 2.68. The molecule has 218 valence electrons. The van der Waals surface area contributed by atoms with Crippen LogP contribution < -0.4 is 4.74 Å². The molecule has 1 N–H and O–H groups in total. The molecule has 2 aromatic rings. The molecule has 5 heteroatoms. The fourth-order valence-corrected chi connectivity index (χ4v) is 10.4. The predicted octanol–water partition coefficient (Wildman–Crippen LogP) is 6.01. The smallest absolute Gasteiger partial charge is 0.119 e. The highest BCUT2D eigenvalue weighted by atomic mass is 32.2. The largest absolute Gasteiger partial charge is 0.492 e. The molecule has 0 amide bonds. The first-order chi connectivity index (χ1) is 19.9. The molecule has 0 radical (unpaired) electrons. The summed E-state index contributed by atoms with van der Waals surface area (Å²) in [6.45, 7) is 5.72. The Morgan fingerprint density at radius 2 is 1.83 bits per heavy atom. The average molecular weight is 572 g/mol. The summed E-state index contributed by atoms with van der Waals surface area (Å²) < 4.78 is 17.9. The molecular weight excluding hydrogens is 526 g/mol. The SMILES string of the molecule is C#CCC1(O)CCC2C3CCc4cc(OCCN5CCS(=O)CC5)ccc4C3C(c3ccc(C4CC4)cc3)CC21C. The quantitative estimate of drug-likeness (QED) is 0.414. The molecule has 4 aliphatic carbocycles. The van der Waals surface area contributed by atoms with Crippen molar-refractivity contribution in [2.24, 2.45) is 17.3 Å². The molecule has 41 heavy (non-hydrogen) atoms. The van der Waals surface area contributed by atoms with Crippen molar-refractivity contribution in [3.63, 3.8) is 0 Å². The van der Waals surface area contributed by atoms with Crippen molar-refractivity contribution in [3.05, 3.63) is 64.7 Å². The second-order valence-electron chi connectivity index (χ2n) is 13.9. The Bertz CT molecular complexity index is 1340. The highest BCUT2D eigenvalue weighted by molar-refractivity contribution is 7.85. The molecule has 6 atom stereocenters. The van der Waals surface area contributed by atoms with Gasteiger partial charge in [-0.05, 0) is 109 Å². The fourth-order valence-electron chi connectivity index (χ4n) is 9.28. The highest BCUT2D eigenvalue weighted by Gasteiger charge is 2.63. The van der Waals surface area contributed by atoms with E-state index in [1.165, 1.54) is 35.1 Å². The van der Waals surface area contributed by atoms with Gasteiger partial charge in [-0.25, -0.2) is 0 Å². The summed E-state index contributed by atoms with van der Waals surface area (Å²) in [5.74, 6) is 8.01. The normalized spacial score (nSPS) is 35.2. The summed E-state index contributed by atoms with van der Waals surface area (Å²) in [4.78, 5) is 2.37. The van der Waals surface area contributed by atoms with Crippen LogP contribution in [0.5, 0.6) is 5.75 Å². The van der Waals surface area contributed by atoms with Crippen molar-refractivity contribution in [3.8, 4) is 18.1 Å². The summed E-state index contributed by atoms with van der Waals surface area (Å²) in [5.41, 5.74) is 4.91. The van der Waals surface area contributed by atoms with E-state index in [4.69, 9.17) is 11.2 Å². The van der Waals surface area contributed by atoms with E-state index in [0.29, 0.717) is 36.7 Å². The number of hydrogen-bond donors (Lipinski definition) is 1. The molecule has 2 aromatic carbocycles. The number of aliphatic hydroxyl groups is 1. The van der Waals surface area contributed by atoms with Crippen molar-refractivity contribution in [1.82, 2.24) is 4.90 Å². The zero-order chi connectivity index (χ0) is 28.2. The van der Waals surface area contributed by atoms with Crippen molar-refractivity contribution in [2.75, 3.05) is 37.7 Å². The zero-order valence-corrected chi connectivity index (χ0v) is 25.3. The van der Waals surface area contributed by atoms with E-state index in [1.807, 2.05) is 0 Å². The molecule has 0 aromatic heterocycles. The molecule has 0 spiro atoms. The van der Waals surface area contributed by atoms with Crippen molar-refractivity contribution >= 4 is 10.8 Å². The first-order valence-electron chi connectivity index (χ1n) is 16.0. The van der Waals surface area contributed by atoms with Crippen LogP contribution in [-0.4, -0.2) is 57.6 Å². The number of fused-ring (bicyclic) bond motifs is 5. The molecular formula is C36H45NO3S. The molecule has 1 heterocycles. The second kappa shape index (κ2) is 10.9. The summed E-state index contributed by atoms with van der Waals surface area (Å²) in [7, 11) is -0.641. The molecule has 1 saturated heterocycles. The number of benzene rings is 2. The summed E-state index contributed by atoms with van der Waals surface area (Å²) in [6.07, 6.45) is 14.0. The van der Waals surface area contributed by atoms with E-state index < -0.39 is 16.4 Å². The monoisotopic (exact) mass is 571 g/mol. The summed E-state index contributed by atoms with van der Waals surface area (Å²) in [6, 6.07) is 16.4. The van der Waals surface area contributed by atoms with Crippen LogP contribution in [0.2, 0.25) is 0 Å². The molecule has 6 unspecified atom stereocenters. The van der Waals surface area contributed by atoms with Crippen LogP contribution in [0.25, 0.3) is 0 Å². The van der Waals surface area contributed by atoms with E-state index in [1.54, 1.807) is 0 Å². The maximum Gasteiger partial charge on any atom is 0.119 e. The Morgan fingerprint density at radius 3 is 2.56 bits per heavy atom. The van der Waals surface area contributed by atoms with E-state index in [9.17, 15) is 9.32 Å². The van der Waals surface area contributed by atoms with Crippen molar-refractivity contribution < 1.29 is 14.1 Å². The first-order valence-corrected chi connectivity index (χ1v) is 17.5. The van der Waals surface area contributed by atoms with Gasteiger partial charge in [0, 0.05) is 53.8 Å². The van der Waals surface area contributed by atoms with Crippen LogP contribution in [0.3, 0.4) is 0 Å². The van der Waals surface area contributed by atoms with Crippen LogP contribution in [0.4, 0.5) is 0 Å². The van der Waals surface area contributed by atoms with Gasteiger partial charge in [0.25, 0.3) is 0 Å². The van der Waals surface area contributed by atoms with Gasteiger partial charge < -0.3 is 9.84 Å². The number of aryl methyl sites for hydroxylation is 1. The average Bonchev–Trinajstić information content (AvgIpc) is 3.79. The standard InChI is InChI=1S/C36H45NO3S/c1-3-15-36(38)16-14-33-31-12-10-28-23-29(40-20-17-37-18-21-41(39)22-19-37)11-13-30(28)34(31)32(24-35(33,36)2)27-8-6-26(7-9-27)25-4-5-25/h1,6-9,11,13,23,25,31-34,38H,4-5,10,12,14-22,24H2,2H3. The Hall–Kier alpha value is -2.13.